The number of nitrogens with zero attached hydrogens (tertiary/aromatic N) is 1. The monoisotopic (exact) mass is 293 g/mol. The fraction of sp³-hybridized carbons (Fsp3) is 0.455. The molecule has 0 N–H and O–H groups in total. The van der Waals surface area contributed by atoms with Crippen molar-refractivity contribution in [1.82, 2.24) is 0 Å². The van der Waals surface area contributed by atoms with Crippen molar-refractivity contribution >= 4 is 21.6 Å². The predicted octanol–water partition coefficient (Wildman–Crippen LogP) is 3.92. The third-order valence-electron chi connectivity index (χ3n) is 2.68. The van der Waals surface area contributed by atoms with E-state index in [1.165, 1.54) is 12.1 Å². The molecule has 1 aliphatic rings. The van der Waals surface area contributed by atoms with Gasteiger partial charge in [-0.05, 0) is 40.0 Å². The molecule has 0 amide bonds. The molecule has 1 aromatic rings. The van der Waals surface area contributed by atoms with Gasteiger partial charge in [0.05, 0.1) is 11.3 Å². The molecule has 0 aromatic heterocycles. The lowest BCUT2D eigenvalue weighted by Gasteiger charge is -2.40. The Morgan fingerprint density at radius 1 is 1.31 bits per heavy atom. The fourth-order valence-electron chi connectivity index (χ4n) is 1.83. The van der Waals surface area contributed by atoms with E-state index in [1.807, 2.05) is 4.90 Å². The third kappa shape index (κ3) is 2.19. The molecule has 0 atom stereocenters. The predicted molar refractivity (Wildman–Crippen MR) is 60.5 cm³/mol. The van der Waals surface area contributed by atoms with Gasteiger partial charge in [0.25, 0.3) is 0 Å². The van der Waals surface area contributed by atoms with Crippen molar-refractivity contribution in [3.63, 3.8) is 0 Å². The second-order valence-electron chi connectivity index (χ2n) is 4.17. The molecule has 0 spiro atoms. The number of halogens is 4. The highest BCUT2D eigenvalue weighted by atomic mass is 79.9. The first kappa shape index (κ1) is 11.8. The maximum Gasteiger partial charge on any atom is 0.416 e. The average molecular weight is 294 g/mol. The van der Waals surface area contributed by atoms with Gasteiger partial charge in [0.2, 0.25) is 0 Å². The summed E-state index contributed by atoms with van der Waals surface area (Å²) < 4.78 is 38.3. The smallest absolute Gasteiger partial charge is 0.370 e. The molecule has 1 nitrogen and oxygen atoms in total. The van der Waals surface area contributed by atoms with Gasteiger partial charge in [0, 0.05) is 17.6 Å². The molecule has 1 aliphatic heterocycles. The van der Waals surface area contributed by atoms with Crippen LogP contribution < -0.4 is 4.90 Å². The van der Waals surface area contributed by atoms with Crippen LogP contribution in [0.15, 0.2) is 22.7 Å². The van der Waals surface area contributed by atoms with E-state index < -0.39 is 11.7 Å². The lowest BCUT2D eigenvalue weighted by molar-refractivity contribution is -0.137. The zero-order valence-corrected chi connectivity index (χ0v) is 10.3. The molecule has 1 saturated heterocycles. The molecule has 0 radical (unpaired) electrons. The summed E-state index contributed by atoms with van der Waals surface area (Å²) in [6, 6.07) is 3.76. The fourth-order valence-corrected chi connectivity index (χ4v) is 2.32. The second-order valence-corrected chi connectivity index (χ2v) is 5.03. The second kappa shape index (κ2) is 3.95. The minimum Gasteiger partial charge on any atom is -0.370 e. The SMILES string of the molecule is CC1CN(c2cc(C(F)(F)F)ccc2Br)C1. The van der Waals surface area contributed by atoms with Gasteiger partial charge in [0.15, 0.2) is 0 Å². The molecule has 0 aliphatic carbocycles. The summed E-state index contributed by atoms with van der Waals surface area (Å²) in [4.78, 5) is 1.95. The summed E-state index contributed by atoms with van der Waals surface area (Å²) in [6.45, 7) is 3.72. The Labute approximate surface area is 100 Å². The number of anilines is 1. The summed E-state index contributed by atoms with van der Waals surface area (Å²) in [5, 5.41) is 0. The molecule has 5 heteroatoms. The Morgan fingerprint density at radius 3 is 2.44 bits per heavy atom. The number of hydrogen-bond donors (Lipinski definition) is 0. The summed E-state index contributed by atoms with van der Waals surface area (Å²) in [5.74, 6) is 0.557. The van der Waals surface area contributed by atoms with Gasteiger partial charge in [-0.3, -0.25) is 0 Å². The van der Waals surface area contributed by atoms with Gasteiger partial charge >= 0.3 is 6.18 Å². The van der Waals surface area contributed by atoms with Crippen LogP contribution in [0, 0.1) is 5.92 Å². The molecular formula is C11H11BrF3N. The Balaban J connectivity index is 2.30. The molecule has 0 bridgehead atoms. The molecule has 1 heterocycles. The van der Waals surface area contributed by atoms with Crippen molar-refractivity contribution in [2.45, 2.75) is 13.1 Å². The van der Waals surface area contributed by atoms with E-state index in [0.717, 1.165) is 19.2 Å². The molecule has 0 unspecified atom stereocenters. The minimum absolute atomic E-state index is 0.557. The van der Waals surface area contributed by atoms with E-state index in [4.69, 9.17) is 0 Å². The Hall–Kier alpha value is -0.710. The van der Waals surface area contributed by atoms with E-state index in [2.05, 4.69) is 22.9 Å². The van der Waals surface area contributed by atoms with Gasteiger partial charge in [-0.25, -0.2) is 0 Å². The molecular weight excluding hydrogens is 283 g/mol. The number of hydrogen-bond acceptors (Lipinski definition) is 1. The number of rotatable bonds is 1. The summed E-state index contributed by atoms with van der Waals surface area (Å²) in [6.07, 6.45) is -4.27. The third-order valence-corrected chi connectivity index (χ3v) is 3.35. The first-order chi connectivity index (χ1) is 7.38. The standard InChI is InChI=1S/C11H11BrF3N/c1-7-5-16(6-7)10-4-8(11(13,14)15)2-3-9(10)12/h2-4,7H,5-6H2,1H3. The van der Waals surface area contributed by atoms with Crippen LogP contribution in [0.5, 0.6) is 0 Å². The molecule has 1 fully saturated rings. The van der Waals surface area contributed by atoms with Crippen LogP contribution in [-0.4, -0.2) is 13.1 Å². The highest BCUT2D eigenvalue weighted by Crippen LogP contribution is 2.37. The first-order valence-electron chi connectivity index (χ1n) is 4.99. The van der Waals surface area contributed by atoms with Crippen LogP contribution in [-0.2, 0) is 6.18 Å². The Kier molecular flexibility index (Phi) is 2.90. The van der Waals surface area contributed by atoms with Crippen LogP contribution in [0.4, 0.5) is 18.9 Å². The quantitative estimate of drug-likeness (QED) is 0.758. The topological polar surface area (TPSA) is 3.24 Å². The van der Waals surface area contributed by atoms with Gasteiger partial charge in [-0.2, -0.15) is 13.2 Å². The van der Waals surface area contributed by atoms with Crippen LogP contribution in [0.3, 0.4) is 0 Å². The van der Waals surface area contributed by atoms with E-state index in [1.54, 1.807) is 0 Å². The summed E-state index contributed by atoms with van der Waals surface area (Å²) in [7, 11) is 0. The molecule has 16 heavy (non-hydrogen) atoms. The normalized spacial score (nSPS) is 17.4. The Bertz CT molecular complexity index is 397. The first-order valence-corrected chi connectivity index (χ1v) is 5.79. The lowest BCUT2D eigenvalue weighted by atomic mass is 10.0. The number of alkyl halides is 3. The summed E-state index contributed by atoms with van der Waals surface area (Å²) in [5.41, 5.74) is 0.0400. The average Bonchev–Trinajstić information content (AvgIpc) is 2.12. The zero-order valence-electron chi connectivity index (χ0n) is 8.68. The maximum absolute atomic E-state index is 12.5. The van der Waals surface area contributed by atoms with Gasteiger partial charge in [-0.15, -0.1) is 0 Å². The largest absolute Gasteiger partial charge is 0.416 e. The van der Waals surface area contributed by atoms with Crippen LogP contribution in [0.1, 0.15) is 12.5 Å². The number of benzene rings is 1. The highest BCUT2D eigenvalue weighted by Gasteiger charge is 2.32. The van der Waals surface area contributed by atoms with Crippen molar-refractivity contribution in [1.29, 1.82) is 0 Å². The zero-order chi connectivity index (χ0) is 11.9. The molecule has 1 aromatic carbocycles. The minimum atomic E-state index is -4.27. The van der Waals surface area contributed by atoms with Crippen LogP contribution in [0.25, 0.3) is 0 Å². The van der Waals surface area contributed by atoms with E-state index in [-0.39, 0.29) is 0 Å². The maximum atomic E-state index is 12.5. The Morgan fingerprint density at radius 2 is 1.94 bits per heavy atom. The van der Waals surface area contributed by atoms with Crippen molar-refractivity contribution in [3.05, 3.63) is 28.2 Å². The highest BCUT2D eigenvalue weighted by molar-refractivity contribution is 9.10. The van der Waals surface area contributed by atoms with Gasteiger partial charge in [0.1, 0.15) is 0 Å². The van der Waals surface area contributed by atoms with E-state index >= 15 is 0 Å². The van der Waals surface area contributed by atoms with Crippen LogP contribution >= 0.6 is 15.9 Å². The van der Waals surface area contributed by atoms with Crippen molar-refractivity contribution in [2.75, 3.05) is 18.0 Å². The van der Waals surface area contributed by atoms with E-state index in [9.17, 15) is 13.2 Å². The lowest BCUT2D eigenvalue weighted by Crippen LogP contribution is -2.45. The van der Waals surface area contributed by atoms with Crippen molar-refractivity contribution in [2.24, 2.45) is 5.92 Å². The summed E-state index contributed by atoms with van der Waals surface area (Å²) >= 11 is 3.28. The molecule has 2 rings (SSSR count). The molecule has 0 saturated carbocycles. The van der Waals surface area contributed by atoms with Gasteiger partial charge in [-0.1, -0.05) is 6.92 Å². The van der Waals surface area contributed by atoms with Crippen LogP contribution in [0.2, 0.25) is 0 Å². The van der Waals surface area contributed by atoms with Gasteiger partial charge < -0.3 is 4.90 Å². The molecule has 88 valence electrons. The van der Waals surface area contributed by atoms with Crippen molar-refractivity contribution in [3.8, 4) is 0 Å². The van der Waals surface area contributed by atoms with Crippen molar-refractivity contribution < 1.29 is 13.2 Å². The van der Waals surface area contributed by atoms with E-state index in [0.29, 0.717) is 16.1 Å².